The lowest BCUT2D eigenvalue weighted by Gasteiger charge is -2.11. The largest absolute Gasteiger partial charge is 0.478 e. The summed E-state index contributed by atoms with van der Waals surface area (Å²) in [6, 6.07) is 9.80. The first-order chi connectivity index (χ1) is 10.0. The highest BCUT2D eigenvalue weighted by atomic mass is 16.5. The summed E-state index contributed by atoms with van der Waals surface area (Å²) in [6.45, 7) is -0.946. The fourth-order valence-electron chi connectivity index (χ4n) is 1.97. The van der Waals surface area contributed by atoms with E-state index in [0.717, 1.165) is 0 Å². The van der Waals surface area contributed by atoms with Crippen molar-refractivity contribution in [3.63, 3.8) is 0 Å². The monoisotopic (exact) mass is 290 g/mol. The Balaban J connectivity index is 2.41. The third kappa shape index (κ3) is 3.18. The van der Waals surface area contributed by atoms with Crippen LogP contribution in [0.5, 0.6) is 0 Å². The van der Waals surface area contributed by atoms with Crippen LogP contribution in [0.25, 0.3) is 10.8 Å². The van der Waals surface area contributed by atoms with Gasteiger partial charge in [-0.2, -0.15) is 0 Å². The quantitative estimate of drug-likeness (QED) is 0.711. The summed E-state index contributed by atoms with van der Waals surface area (Å²) in [4.78, 5) is 23.4. The lowest BCUT2D eigenvalue weighted by Crippen LogP contribution is -2.23. The number of benzene rings is 2. The van der Waals surface area contributed by atoms with Crippen molar-refractivity contribution in [2.75, 3.05) is 13.2 Å². The number of ether oxygens (including phenoxy) is 1. The van der Waals surface area contributed by atoms with Crippen LogP contribution < -0.4 is 0 Å². The van der Waals surface area contributed by atoms with Gasteiger partial charge in [0, 0.05) is 0 Å². The highest BCUT2D eigenvalue weighted by molar-refractivity contribution is 6.12. The minimum absolute atomic E-state index is 0.0914. The minimum Gasteiger partial charge on any atom is -0.478 e. The van der Waals surface area contributed by atoms with E-state index >= 15 is 0 Å². The summed E-state index contributed by atoms with van der Waals surface area (Å²) < 4.78 is 4.81. The van der Waals surface area contributed by atoms with Gasteiger partial charge in [-0.1, -0.05) is 30.3 Å². The highest BCUT2D eigenvalue weighted by Gasteiger charge is 2.21. The number of carboxylic acids is 1. The molecule has 6 nitrogen and oxygen atoms in total. The molecule has 1 unspecified atom stereocenters. The van der Waals surface area contributed by atoms with Crippen molar-refractivity contribution in [1.82, 2.24) is 0 Å². The van der Waals surface area contributed by atoms with Crippen molar-refractivity contribution in [1.29, 1.82) is 0 Å². The Morgan fingerprint density at radius 3 is 2.52 bits per heavy atom. The fourth-order valence-corrected chi connectivity index (χ4v) is 1.97. The van der Waals surface area contributed by atoms with Gasteiger partial charge in [-0.15, -0.1) is 0 Å². The number of esters is 1. The molecule has 0 aromatic heterocycles. The van der Waals surface area contributed by atoms with E-state index in [1.165, 1.54) is 6.07 Å². The number of aromatic carboxylic acids is 1. The number of fused-ring (bicyclic) bond motifs is 1. The summed E-state index contributed by atoms with van der Waals surface area (Å²) >= 11 is 0. The molecule has 0 bridgehead atoms. The summed E-state index contributed by atoms with van der Waals surface area (Å²) in [7, 11) is 0. The molecule has 21 heavy (non-hydrogen) atoms. The van der Waals surface area contributed by atoms with Crippen LogP contribution in [0.3, 0.4) is 0 Å². The van der Waals surface area contributed by atoms with Crippen LogP contribution in [0.4, 0.5) is 0 Å². The van der Waals surface area contributed by atoms with Crippen LogP contribution in [0.2, 0.25) is 0 Å². The number of carboxylic acid groups (broad SMARTS) is 1. The van der Waals surface area contributed by atoms with Crippen LogP contribution in [-0.2, 0) is 4.74 Å². The molecular weight excluding hydrogens is 276 g/mol. The predicted molar refractivity (Wildman–Crippen MR) is 74.3 cm³/mol. The second kappa shape index (κ2) is 6.34. The summed E-state index contributed by atoms with van der Waals surface area (Å²) in [5.41, 5.74) is -0.233. The third-order valence-electron chi connectivity index (χ3n) is 2.98. The Bertz CT molecular complexity index is 679. The molecule has 0 fully saturated rings. The van der Waals surface area contributed by atoms with Gasteiger partial charge in [-0.25, -0.2) is 9.59 Å². The zero-order valence-corrected chi connectivity index (χ0v) is 11.0. The average molecular weight is 290 g/mol. The highest BCUT2D eigenvalue weighted by Crippen LogP contribution is 2.23. The van der Waals surface area contributed by atoms with Crippen LogP contribution >= 0.6 is 0 Å². The molecule has 2 rings (SSSR count). The standard InChI is InChI=1S/C15H14O6/c16-7-10(17)8-21-15(20)12-6-5-9-3-1-2-4-11(9)13(12)14(18)19/h1-6,10,16-17H,7-8H2,(H,18,19). The number of carbonyl (C=O) groups is 2. The van der Waals surface area contributed by atoms with Gasteiger partial charge >= 0.3 is 11.9 Å². The molecular formula is C15H14O6. The normalized spacial score (nSPS) is 12.1. The smallest absolute Gasteiger partial charge is 0.339 e. The Kier molecular flexibility index (Phi) is 4.52. The molecule has 1 atom stereocenters. The van der Waals surface area contributed by atoms with Gasteiger partial charge in [0.1, 0.15) is 12.7 Å². The summed E-state index contributed by atoms with van der Waals surface area (Å²) in [5, 5.41) is 28.3. The number of rotatable bonds is 5. The maximum absolute atomic E-state index is 12.0. The molecule has 0 saturated heterocycles. The van der Waals surface area contributed by atoms with Crippen LogP contribution in [0.15, 0.2) is 36.4 Å². The SMILES string of the molecule is O=C(OCC(O)CO)c1ccc2ccccc2c1C(=O)O. The molecule has 0 heterocycles. The molecule has 3 N–H and O–H groups in total. The third-order valence-corrected chi connectivity index (χ3v) is 2.98. The Hall–Kier alpha value is -2.44. The topological polar surface area (TPSA) is 104 Å². The molecule has 0 aliphatic carbocycles. The Labute approximate surface area is 120 Å². The van der Waals surface area contributed by atoms with E-state index < -0.39 is 31.3 Å². The zero-order chi connectivity index (χ0) is 15.4. The van der Waals surface area contributed by atoms with E-state index in [9.17, 15) is 14.7 Å². The van der Waals surface area contributed by atoms with Gasteiger partial charge < -0.3 is 20.1 Å². The van der Waals surface area contributed by atoms with Crippen LogP contribution in [-0.4, -0.2) is 46.6 Å². The van der Waals surface area contributed by atoms with Crippen molar-refractivity contribution in [2.24, 2.45) is 0 Å². The Morgan fingerprint density at radius 1 is 1.14 bits per heavy atom. The number of hydrogen-bond donors (Lipinski definition) is 3. The van der Waals surface area contributed by atoms with Gasteiger partial charge in [-0.3, -0.25) is 0 Å². The molecule has 0 saturated carbocycles. The summed E-state index contributed by atoms with van der Waals surface area (Å²) in [6.07, 6.45) is -1.19. The van der Waals surface area contributed by atoms with Crippen molar-refractivity contribution < 1.29 is 29.6 Å². The van der Waals surface area contributed by atoms with Gasteiger partial charge in [-0.05, 0) is 16.8 Å². The second-order valence-electron chi connectivity index (χ2n) is 4.45. The van der Waals surface area contributed by atoms with Gasteiger partial charge in [0.05, 0.1) is 17.7 Å². The molecule has 2 aromatic rings. The maximum Gasteiger partial charge on any atom is 0.339 e. The zero-order valence-electron chi connectivity index (χ0n) is 11.0. The number of aliphatic hydroxyl groups is 2. The maximum atomic E-state index is 12.0. The molecule has 2 aromatic carbocycles. The molecule has 0 amide bonds. The average Bonchev–Trinajstić information content (AvgIpc) is 2.50. The van der Waals surface area contributed by atoms with Crippen molar-refractivity contribution >= 4 is 22.7 Å². The van der Waals surface area contributed by atoms with E-state index in [1.807, 2.05) is 0 Å². The lowest BCUT2D eigenvalue weighted by atomic mass is 9.99. The van der Waals surface area contributed by atoms with Gasteiger partial charge in [0.2, 0.25) is 0 Å². The van der Waals surface area contributed by atoms with Crippen molar-refractivity contribution in [3.8, 4) is 0 Å². The number of carbonyl (C=O) groups excluding carboxylic acids is 1. The van der Waals surface area contributed by atoms with E-state index in [4.69, 9.17) is 14.9 Å². The van der Waals surface area contributed by atoms with E-state index in [-0.39, 0.29) is 11.1 Å². The summed E-state index contributed by atoms with van der Waals surface area (Å²) in [5.74, 6) is -2.09. The van der Waals surface area contributed by atoms with Gasteiger partial charge in [0.25, 0.3) is 0 Å². The fraction of sp³-hybridized carbons (Fsp3) is 0.200. The minimum atomic E-state index is -1.23. The molecule has 0 aliphatic rings. The van der Waals surface area contributed by atoms with E-state index in [0.29, 0.717) is 10.8 Å². The molecule has 0 aliphatic heterocycles. The molecule has 6 heteroatoms. The first-order valence-corrected chi connectivity index (χ1v) is 6.25. The lowest BCUT2D eigenvalue weighted by molar-refractivity contribution is 0.00913. The van der Waals surface area contributed by atoms with Crippen LogP contribution in [0.1, 0.15) is 20.7 Å². The van der Waals surface area contributed by atoms with E-state index in [2.05, 4.69) is 0 Å². The first-order valence-electron chi connectivity index (χ1n) is 6.25. The van der Waals surface area contributed by atoms with E-state index in [1.54, 1.807) is 30.3 Å². The number of hydrogen-bond acceptors (Lipinski definition) is 5. The van der Waals surface area contributed by atoms with Crippen molar-refractivity contribution in [3.05, 3.63) is 47.5 Å². The molecule has 110 valence electrons. The second-order valence-corrected chi connectivity index (χ2v) is 4.45. The van der Waals surface area contributed by atoms with Crippen molar-refractivity contribution in [2.45, 2.75) is 6.10 Å². The Morgan fingerprint density at radius 2 is 1.86 bits per heavy atom. The number of aliphatic hydroxyl groups excluding tert-OH is 2. The van der Waals surface area contributed by atoms with Crippen LogP contribution in [0, 0.1) is 0 Å². The first kappa shape index (κ1) is 15.0. The van der Waals surface area contributed by atoms with Gasteiger partial charge in [0.15, 0.2) is 0 Å². The predicted octanol–water partition coefficient (Wildman–Crippen LogP) is 1.05. The molecule has 0 radical (unpaired) electrons. The molecule has 0 spiro atoms.